The van der Waals surface area contributed by atoms with Gasteiger partial charge in [-0.05, 0) is 53.6 Å². The molecule has 0 aliphatic rings. The molecule has 0 saturated heterocycles. The van der Waals surface area contributed by atoms with Crippen LogP contribution in [0.15, 0.2) is 134 Å². The van der Waals surface area contributed by atoms with Gasteiger partial charge in [0, 0.05) is 39.0 Å². The molecular formula is C37H22FN5. The van der Waals surface area contributed by atoms with Gasteiger partial charge in [-0.2, -0.15) is 0 Å². The van der Waals surface area contributed by atoms with Gasteiger partial charge in [0.15, 0.2) is 17.5 Å². The highest BCUT2D eigenvalue weighted by Gasteiger charge is 2.15. The van der Waals surface area contributed by atoms with Crippen molar-refractivity contribution in [3.63, 3.8) is 0 Å². The zero-order valence-corrected chi connectivity index (χ0v) is 22.8. The van der Waals surface area contributed by atoms with Crippen LogP contribution < -0.4 is 0 Å². The van der Waals surface area contributed by atoms with Gasteiger partial charge in [-0.15, -0.1) is 0 Å². The van der Waals surface area contributed by atoms with E-state index in [1.54, 1.807) is 12.3 Å². The number of pyridine rings is 2. The molecule has 0 fully saturated rings. The van der Waals surface area contributed by atoms with Gasteiger partial charge in [0.25, 0.3) is 0 Å². The van der Waals surface area contributed by atoms with E-state index in [1.165, 1.54) is 12.1 Å². The lowest BCUT2D eigenvalue weighted by Crippen LogP contribution is -2.00. The van der Waals surface area contributed by atoms with Crippen LogP contribution in [-0.2, 0) is 0 Å². The topological polar surface area (TPSA) is 64.5 Å². The molecule has 3 aromatic heterocycles. The molecule has 8 aromatic rings. The van der Waals surface area contributed by atoms with Crippen molar-refractivity contribution in [2.24, 2.45) is 0 Å². The van der Waals surface area contributed by atoms with E-state index < -0.39 is 0 Å². The first kappa shape index (κ1) is 24.9. The van der Waals surface area contributed by atoms with Gasteiger partial charge in [0.2, 0.25) is 0 Å². The monoisotopic (exact) mass is 555 g/mol. The Morgan fingerprint density at radius 1 is 0.442 bits per heavy atom. The number of benzene rings is 5. The SMILES string of the molecule is Fc1ccc2nc3c(cc(-c4cccc(-c5nc(-c6ccccc6)nc(-c6ccccc6)n5)c4)c4cccnc43)cc2c1. The van der Waals surface area contributed by atoms with Crippen LogP contribution in [0, 0.1) is 5.82 Å². The first-order valence-electron chi connectivity index (χ1n) is 14.0. The van der Waals surface area contributed by atoms with E-state index in [2.05, 4.69) is 24.3 Å². The van der Waals surface area contributed by atoms with Crippen LogP contribution in [0.4, 0.5) is 4.39 Å². The fraction of sp³-hybridized carbons (Fsp3) is 0. The minimum atomic E-state index is -0.289. The lowest BCUT2D eigenvalue weighted by Gasteiger charge is -2.12. The van der Waals surface area contributed by atoms with Crippen LogP contribution in [0.5, 0.6) is 0 Å². The van der Waals surface area contributed by atoms with Crippen LogP contribution in [0.1, 0.15) is 0 Å². The van der Waals surface area contributed by atoms with Crippen molar-refractivity contribution < 1.29 is 4.39 Å². The second kappa shape index (κ2) is 10.2. The summed E-state index contributed by atoms with van der Waals surface area (Å²) in [6.07, 6.45) is 1.78. The van der Waals surface area contributed by atoms with Crippen molar-refractivity contribution in [3.05, 3.63) is 139 Å². The zero-order chi connectivity index (χ0) is 28.8. The summed E-state index contributed by atoms with van der Waals surface area (Å²) in [5, 5.41) is 2.61. The van der Waals surface area contributed by atoms with Gasteiger partial charge >= 0.3 is 0 Å². The summed E-state index contributed by atoms with van der Waals surface area (Å²) in [5.41, 5.74) is 7.00. The van der Waals surface area contributed by atoms with E-state index in [-0.39, 0.29) is 5.82 Å². The Hall–Kier alpha value is -5.88. The molecule has 0 N–H and O–H groups in total. The predicted octanol–water partition coefficient (Wildman–Crippen LogP) is 8.93. The number of halogens is 1. The molecule has 0 saturated carbocycles. The lowest BCUT2D eigenvalue weighted by atomic mass is 9.96. The minimum absolute atomic E-state index is 0.289. The number of aromatic nitrogens is 5. The average Bonchev–Trinajstić information content (AvgIpc) is 3.08. The van der Waals surface area contributed by atoms with Crippen molar-refractivity contribution in [1.82, 2.24) is 24.9 Å². The molecule has 3 heterocycles. The molecule has 0 bridgehead atoms. The van der Waals surface area contributed by atoms with Gasteiger partial charge < -0.3 is 0 Å². The highest BCUT2D eigenvalue weighted by Crippen LogP contribution is 2.36. The maximum absolute atomic E-state index is 14.1. The molecule has 0 spiro atoms. The normalized spacial score (nSPS) is 11.4. The van der Waals surface area contributed by atoms with Crippen molar-refractivity contribution >= 4 is 32.7 Å². The number of fused-ring (bicyclic) bond motifs is 4. The standard InChI is InChI=1S/C37H22FN5/c38-29-16-17-32-27(21-29)20-28-22-31(30-15-8-18-39-34(30)33(28)40-32)25-13-7-14-26(19-25)37-42-35(23-9-3-1-4-10-23)41-36(43-37)24-11-5-2-6-12-24/h1-22H. The Bertz CT molecular complexity index is 2250. The predicted molar refractivity (Wildman–Crippen MR) is 170 cm³/mol. The molecule has 0 radical (unpaired) electrons. The summed E-state index contributed by atoms with van der Waals surface area (Å²) >= 11 is 0. The fourth-order valence-corrected chi connectivity index (χ4v) is 5.51. The Kier molecular flexibility index (Phi) is 5.90. The molecule has 0 amide bonds. The van der Waals surface area contributed by atoms with Gasteiger partial charge in [-0.3, -0.25) is 4.98 Å². The summed E-state index contributed by atoms with van der Waals surface area (Å²) in [4.78, 5) is 24.2. The summed E-state index contributed by atoms with van der Waals surface area (Å²) in [6.45, 7) is 0. The number of nitrogens with zero attached hydrogens (tertiary/aromatic N) is 5. The Morgan fingerprint density at radius 2 is 1.09 bits per heavy atom. The van der Waals surface area contributed by atoms with E-state index in [4.69, 9.17) is 24.9 Å². The van der Waals surface area contributed by atoms with Crippen molar-refractivity contribution in [2.75, 3.05) is 0 Å². The fourth-order valence-electron chi connectivity index (χ4n) is 5.51. The second-order valence-corrected chi connectivity index (χ2v) is 10.3. The van der Waals surface area contributed by atoms with Crippen molar-refractivity contribution in [1.29, 1.82) is 0 Å². The smallest absolute Gasteiger partial charge is 0.164 e. The van der Waals surface area contributed by atoms with Crippen LogP contribution in [0.3, 0.4) is 0 Å². The molecule has 5 nitrogen and oxygen atoms in total. The summed E-state index contributed by atoms with van der Waals surface area (Å²) in [5.74, 6) is 1.52. The third-order valence-corrected chi connectivity index (χ3v) is 7.56. The maximum Gasteiger partial charge on any atom is 0.164 e. The van der Waals surface area contributed by atoms with Gasteiger partial charge in [-0.25, -0.2) is 24.3 Å². The summed E-state index contributed by atoms with van der Waals surface area (Å²) < 4.78 is 14.1. The minimum Gasteiger partial charge on any atom is -0.254 e. The first-order chi connectivity index (χ1) is 21.2. The van der Waals surface area contributed by atoms with Crippen molar-refractivity contribution in [3.8, 4) is 45.3 Å². The first-order valence-corrected chi connectivity index (χ1v) is 14.0. The Morgan fingerprint density at radius 3 is 1.81 bits per heavy atom. The summed E-state index contributed by atoms with van der Waals surface area (Å²) in [7, 11) is 0. The zero-order valence-electron chi connectivity index (χ0n) is 22.8. The molecule has 6 heteroatoms. The highest BCUT2D eigenvalue weighted by molar-refractivity contribution is 6.12. The third kappa shape index (κ3) is 4.55. The van der Waals surface area contributed by atoms with Crippen LogP contribution in [-0.4, -0.2) is 24.9 Å². The van der Waals surface area contributed by atoms with Gasteiger partial charge in [0.1, 0.15) is 5.82 Å². The number of hydrogen-bond donors (Lipinski definition) is 0. The van der Waals surface area contributed by atoms with E-state index in [0.717, 1.165) is 60.5 Å². The molecule has 0 atom stereocenters. The van der Waals surface area contributed by atoms with E-state index in [0.29, 0.717) is 17.5 Å². The highest BCUT2D eigenvalue weighted by atomic mass is 19.1. The lowest BCUT2D eigenvalue weighted by molar-refractivity contribution is 0.629. The van der Waals surface area contributed by atoms with Crippen molar-refractivity contribution in [2.45, 2.75) is 0 Å². The second-order valence-electron chi connectivity index (χ2n) is 10.3. The third-order valence-electron chi connectivity index (χ3n) is 7.56. The number of hydrogen-bond acceptors (Lipinski definition) is 5. The largest absolute Gasteiger partial charge is 0.254 e. The quantitative estimate of drug-likeness (QED) is 0.160. The molecule has 0 aliphatic heterocycles. The van der Waals surface area contributed by atoms with E-state index in [1.807, 2.05) is 84.9 Å². The van der Waals surface area contributed by atoms with E-state index >= 15 is 0 Å². The van der Waals surface area contributed by atoms with Gasteiger partial charge in [0.05, 0.1) is 16.6 Å². The summed E-state index contributed by atoms with van der Waals surface area (Å²) in [6, 6.07) is 40.8. The van der Waals surface area contributed by atoms with E-state index in [9.17, 15) is 4.39 Å². The van der Waals surface area contributed by atoms with Crippen LogP contribution in [0.25, 0.3) is 78.0 Å². The molecule has 5 aromatic carbocycles. The number of rotatable bonds is 4. The molecule has 43 heavy (non-hydrogen) atoms. The molecule has 8 rings (SSSR count). The molecule has 0 aliphatic carbocycles. The van der Waals surface area contributed by atoms with Crippen LogP contribution in [0.2, 0.25) is 0 Å². The van der Waals surface area contributed by atoms with Crippen LogP contribution >= 0.6 is 0 Å². The molecule has 0 unspecified atom stereocenters. The Balaban J connectivity index is 1.33. The molecule has 202 valence electrons. The Labute approximate surface area is 246 Å². The molecular weight excluding hydrogens is 533 g/mol. The average molecular weight is 556 g/mol. The maximum atomic E-state index is 14.1. The van der Waals surface area contributed by atoms with Gasteiger partial charge in [-0.1, -0.05) is 84.9 Å².